The van der Waals surface area contributed by atoms with Crippen LogP contribution in [0.4, 0.5) is 0 Å². The van der Waals surface area contributed by atoms with E-state index in [1.165, 1.54) is 11.1 Å². The lowest BCUT2D eigenvalue weighted by Gasteiger charge is -2.48. The molecule has 0 aromatic carbocycles. The molecule has 230 valence electrons. The minimum absolute atomic E-state index is 0.0734. The van der Waals surface area contributed by atoms with Crippen molar-refractivity contribution in [3.63, 3.8) is 0 Å². The quantitative estimate of drug-likeness (QED) is 0.242. The van der Waals surface area contributed by atoms with Gasteiger partial charge in [-0.05, 0) is 91.1 Å². The molecule has 1 aromatic heterocycles. The second-order valence-corrected chi connectivity index (χ2v) is 14.0. The first-order chi connectivity index (χ1) is 19.9. The minimum Gasteiger partial charge on any atom is -0.427 e. The van der Waals surface area contributed by atoms with Gasteiger partial charge in [-0.3, -0.25) is 9.69 Å². The van der Waals surface area contributed by atoms with Gasteiger partial charge in [-0.15, -0.1) is 0 Å². The molecule has 1 amide bonds. The number of piperidine rings is 1. The molecule has 3 heterocycles. The molecule has 2 aliphatic heterocycles. The molecule has 9 nitrogen and oxygen atoms in total. The van der Waals surface area contributed by atoms with Crippen LogP contribution in [0, 0.1) is 11.3 Å². The molecule has 3 aliphatic rings. The summed E-state index contributed by atoms with van der Waals surface area (Å²) in [5.41, 5.74) is 2.69. The van der Waals surface area contributed by atoms with Gasteiger partial charge >= 0.3 is 5.63 Å². The zero-order chi connectivity index (χ0) is 30.8. The first kappa shape index (κ1) is 32.6. The average molecular weight is 599 g/mol. The number of likely N-dealkylation sites (tertiary alicyclic amines) is 1. The Kier molecular flexibility index (Phi) is 10.5. The molecule has 0 bridgehead atoms. The number of nitrogens with zero attached hydrogens (tertiary/aromatic N) is 4. The first-order valence-corrected chi connectivity index (χ1v) is 16.4. The Morgan fingerprint density at radius 1 is 1.24 bits per heavy atom. The fourth-order valence-corrected chi connectivity index (χ4v) is 8.41. The fourth-order valence-electron chi connectivity index (χ4n) is 6.64. The average Bonchev–Trinajstić information content (AvgIpc) is 2.91. The number of carbonyl (C=O) groups is 1. The predicted octanol–water partition coefficient (Wildman–Crippen LogP) is 5.91. The van der Waals surface area contributed by atoms with E-state index in [1.807, 2.05) is 0 Å². The van der Waals surface area contributed by atoms with E-state index in [2.05, 4.69) is 83.2 Å². The summed E-state index contributed by atoms with van der Waals surface area (Å²) < 4.78 is 20.6. The maximum absolute atomic E-state index is 13.6. The van der Waals surface area contributed by atoms with Gasteiger partial charge < -0.3 is 18.4 Å². The second kappa shape index (κ2) is 13.5. The van der Waals surface area contributed by atoms with Crippen molar-refractivity contribution in [1.29, 1.82) is 5.26 Å². The predicted molar refractivity (Wildman–Crippen MR) is 166 cm³/mol. The van der Waals surface area contributed by atoms with Gasteiger partial charge in [0.1, 0.15) is 11.3 Å². The van der Waals surface area contributed by atoms with Gasteiger partial charge in [0.15, 0.2) is 0 Å². The highest BCUT2D eigenvalue weighted by Gasteiger charge is 2.40. The number of hydrogen-bond donors (Lipinski definition) is 0. The van der Waals surface area contributed by atoms with Crippen LogP contribution in [0.2, 0.25) is 0 Å². The molecule has 2 atom stereocenters. The summed E-state index contributed by atoms with van der Waals surface area (Å²) in [6, 6.07) is 4.44. The van der Waals surface area contributed by atoms with E-state index in [9.17, 15) is 9.59 Å². The molecule has 42 heavy (non-hydrogen) atoms. The molecule has 1 aromatic rings. The van der Waals surface area contributed by atoms with Crippen LogP contribution in [-0.2, 0) is 15.5 Å². The Balaban J connectivity index is 1.47. The van der Waals surface area contributed by atoms with Gasteiger partial charge in [-0.25, -0.2) is 9.46 Å². The summed E-state index contributed by atoms with van der Waals surface area (Å²) in [5, 5.41) is 8.97. The van der Waals surface area contributed by atoms with Crippen molar-refractivity contribution in [3.8, 4) is 6.07 Å². The highest BCUT2D eigenvalue weighted by Crippen LogP contribution is 2.48. The third-order valence-corrected chi connectivity index (χ3v) is 10.6. The van der Waals surface area contributed by atoms with Crippen LogP contribution in [0.3, 0.4) is 0 Å². The molecule has 2 unspecified atom stereocenters. The number of hydrogen-bond acceptors (Lipinski definition) is 8. The number of likely N-dealkylation sites (N-methyl/N-ethyl adjacent to an activating group) is 1. The number of amides is 1. The van der Waals surface area contributed by atoms with Gasteiger partial charge in [0.05, 0.1) is 25.2 Å². The Hall–Kier alpha value is -2.34. The molecule has 1 aliphatic carbocycles. The number of fused-ring (bicyclic) bond motifs is 2. The van der Waals surface area contributed by atoms with Gasteiger partial charge in [-0.2, -0.15) is 5.26 Å². The van der Waals surface area contributed by atoms with Crippen LogP contribution in [0.1, 0.15) is 96.3 Å². The molecular formula is C32H47N4O5P. The lowest BCUT2D eigenvalue weighted by molar-refractivity contribution is 0.0540. The minimum atomic E-state index is -1.34. The van der Waals surface area contributed by atoms with Crippen LogP contribution >= 0.6 is 8.53 Å². The number of carbonyl (C=O) groups excluding carboxylic acids is 1. The highest BCUT2D eigenvalue weighted by atomic mass is 31.2. The van der Waals surface area contributed by atoms with Crippen LogP contribution < -0.4 is 5.63 Å². The zero-order valence-electron chi connectivity index (χ0n) is 26.5. The van der Waals surface area contributed by atoms with Gasteiger partial charge in [-0.1, -0.05) is 13.0 Å². The SMILES string of the molecule is CCN1C2Cc3oc(=O)c(C(=O)N4CCC(OP(OCCC#N)N(C(C)C)C(C)C)CC4)cc3C=C2C(C)=CC1(C)C. The van der Waals surface area contributed by atoms with Crippen molar-refractivity contribution >= 4 is 20.5 Å². The molecule has 0 N–H and O–H groups in total. The summed E-state index contributed by atoms with van der Waals surface area (Å²) in [7, 11) is -1.34. The van der Waals surface area contributed by atoms with E-state index in [0.717, 1.165) is 12.1 Å². The van der Waals surface area contributed by atoms with Gasteiger partial charge in [0.2, 0.25) is 0 Å². The molecule has 0 radical (unpaired) electrons. The highest BCUT2D eigenvalue weighted by molar-refractivity contribution is 7.44. The largest absolute Gasteiger partial charge is 0.427 e. The Bertz CT molecular complexity index is 1290. The van der Waals surface area contributed by atoms with Crippen molar-refractivity contribution in [3.05, 3.63) is 50.6 Å². The molecular weight excluding hydrogens is 551 g/mol. The van der Waals surface area contributed by atoms with Crippen molar-refractivity contribution in [2.75, 3.05) is 26.2 Å². The van der Waals surface area contributed by atoms with E-state index in [0.29, 0.717) is 51.1 Å². The van der Waals surface area contributed by atoms with Crippen LogP contribution in [0.25, 0.3) is 6.08 Å². The van der Waals surface area contributed by atoms with E-state index in [-0.39, 0.29) is 41.2 Å². The van der Waals surface area contributed by atoms with Crippen molar-refractivity contribution in [2.24, 2.45) is 0 Å². The third-order valence-electron chi connectivity index (χ3n) is 8.45. The summed E-state index contributed by atoms with van der Waals surface area (Å²) in [5.74, 6) is 0.349. The maximum atomic E-state index is 13.6. The summed E-state index contributed by atoms with van der Waals surface area (Å²) in [6.45, 7) is 19.3. The normalized spacial score (nSPS) is 21.6. The molecule has 1 fully saturated rings. The maximum Gasteiger partial charge on any atom is 0.348 e. The zero-order valence-corrected chi connectivity index (χ0v) is 27.4. The Labute approximate surface area is 252 Å². The lowest BCUT2D eigenvalue weighted by Crippen LogP contribution is -2.54. The molecule has 0 spiro atoms. The van der Waals surface area contributed by atoms with E-state index < -0.39 is 14.2 Å². The summed E-state index contributed by atoms with van der Waals surface area (Å²) in [6.07, 6.45) is 6.52. The second-order valence-electron chi connectivity index (χ2n) is 12.6. The summed E-state index contributed by atoms with van der Waals surface area (Å²) >= 11 is 0. The summed E-state index contributed by atoms with van der Waals surface area (Å²) in [4.78, 5) is 30.8. The first-order valence-electron chi connectivity index (χ1n) is 15.3. The fraction of sp³-hybridized carbons (Fsp3) is 0.656. The van der Waals surface area contributed by atoms with E-state index in [4.69, 9.17) is 18.7 Å². The Morgan fingerprint density at radius 2 is 1.90 bits per heavy atom. The molecule has 1 saturated heterocycles. The van der Waals surface area contributed by atoms with Gasteiger partial charge in [0.25, 0.3) is 14.4 Å². The van der Waals surface area contributed by atoms with Crippen LogP contribution in [0.5, 0.6) is 0 Å². The molecule has 0 saturated carbocycles. The van der Waals surface area contributed by atoms with Crippen molar-refractivity contribution in [2.45, 2.75) is 111 Å². The van der Waals surface area contributed by atoms with Crippen LogP contribution in [-0.4, -0.2) is 76.4 Å². The van der Waals surface area contributed by atoms with Crippen molar-refractivity contribution < 1.29 is 18.3 Å². The third kappa shape index (κ3) is 6.90. The smallest absolute Gasteiger partial charge is 0.348 e. The van der Waals surface area contributed by atoms with E-state index >= 15 is 0 Å². The molecule has 4 rings (SSSR count). The monoisotopic (exact) mass is 598 g/mol. The lowest BCUT2D eigenvalue weighted by atomic mass is 9.79. The van der Waals surface area contributed by atoms with E-state index in [1.54, 1.807) is 11.0 Å². The Morgan fingerprint density at radius 3 is 2.50 bits per heavy atom. The standard InChI is InChI=1S/C32H47N4O5P/c1-9-35-28-19-29-24(17-26(28)23(6)20-32(35,7)8)18-27(31(38)40-29)30(37)34-14-11-25(12-15-34)41-42(39-16-10-13-33)36(21(2)3)22(4)5/h17-18,20-22,25,28H,9-12,14-16,19H2,1-8H3. The molecule has 10 heteroatoms. The van der Waals surface area contributed by atoms with Crippen molar-refractivity contribution in [1.82, 2.24) is 14.5 Å². The topological polar surface area (TPSA) is 99.3 Å². The number of rotatable bonds is 10. The van der Waals surface area contributed by atoms with Gasteiger partial charge in [0, 0.05) is 48.7 Å². The van der Waals surface area contributed by atoms with Crippen LogP contribution in [0.15, 0.2) is 32.5 Å². The number of nitriles is 1.